The van der Waals surface area contributed by atoms with Crippen LogP contribution < -0.4 is 19.6 Å². The second-order valence-electron chi connectivity index (χ2n) is 8.21. The molecule has 0 spiro atoms. The van der Waals surface area contributed by atoms with E-state index in [4.69, 9.17) is 18.6 Å². The van der Waals surface area contributed by atoms with Crippen LogP contribution in [0.5, 0.6) is 23.0 Å². The maximum Gasteiger partial charge on any atom is 0.349 e. The van der Waals surface area contributed by atoms with Gasteiger partial charge in [0.15, 0.2) is 6.61 Å². The number of benzene rings is 4. The van der Waals surface area contributed by atoms with Crippen LogP contribution in [0.15, 0.2) is 94.3 Å². The maximum absolute atomic E-state index is 12.9. The van der Waals surface area contributed by atoms with Gasteiger partial charge in [-0.3, -0.25) is 4.79 Å². The summed E-state index contributed by atoms with van der Waals surface area (Å²) in [6.07, 6.45) is 1.26. The molecule has 5 rings (SSSR count). The van der Waals surface area contributed by atoms with Gasteiger partial charge in [0.1, 0.15) is 29.1 Å². The van der Waals surface area contributed by atoms with Crippen LogP contribution in [0.3, 0.4) is 0 Å². The minimum Gasteiger partial charge on any atom is -0.482 e. The van der Waals surface area contributed by atoms with Crippen molar-refractivity contribution >= 4 is 27.7 Å². The normalized spacial score (nSPS) is 10.9. The molecule has 5 aromatic rings. The average Bonchev–Trinajstić information content (AvgIpc) is 2.86. The van der Waals surface area contributed by atoms with Gasteiger partial charge in [0.05, 0.1) is 5.39 Å². The predicted octanol–water partition coefficient (Wildman–Crippen LogP) is 6.34. The number of esters is 1. The topological polar surface area (TPSA) is 75.0 Å². The molecule has 0 aliphatic rings. The zero-order valence-corrected chi connectivity index (χ0v) is 19.2. The van der Waals surface area contributed by atoms with E-state index < -0.39 is 5.97 Å². The monoisotopic (exact) mass is 466 g/mol. The number of hydrogen-bond donors (Lipinski definition) is 0. The Kier molecular flexibility index (Phi) is 5.94. The molecule has 6 heteroatoms. The Bertz CT molecular complexity index is 1620. The van der Waals surface area contributed by atoms with E-state index in [9.17, 15) is 9.59 Å². The lowest BCUT2D eigenvalue weighted by Crippen LogP contribution is -2.17. The molecule has 1 aromatic heterocycles. The van der Waals surface area contributed by atoms with Gasteiger partial charge in [-0.15, -0.1) is 0 Å². The van der Waals surface area contributed by atoms with Gasteiger partial charge in [-0.05, 0) is 72.1 Å². The molecule has 174 valence electrons. The lowest BCUT2D eigenvalue weighted by molar-refractivity contribution is -0.136. The standard InChI is InChI=1S/C29H22O6/c1-18-7-9-22(13-19(18)2)32-17-28(30)35-24-11-12-25-26(15-24)33-16-27(29(25)31)34-23-10-8-20-5-3-4-6-21(20)14-23/h3-16H,17H2,1-2H3. The van der Waals surface area contributed by atoms with Crippen LogP contribution in [-0.2, 0) is 4.79 Å². The smallest absolute Gasteiger partial charge is 0.349 e. The first-order chi connectivity index (χ1) is 17.0. The second-order valence-corrected chi connectivity index (χ2v) is 8.21. The molecule has 0 amide bonds. The number of ether oxygens (including phenoxy) is 3. The Morgan fingerprint density at radius 3 is 2.40 bits per heavy atom. The fourth-order valence-corrected chi connectivity index (χ4v) is 3.69. The van der Waals surface area contributed by atoms with Crippen LogP contribution in [0.4, 0.5) is 0 Å². The van der Waals surface area contributed by atoms with Crippen molar-refractivity contribution in [1.29, 1.82) is 0 Å². The Hall–Kier alpha value is -4.58. The number of carbonyl (C=O) groups is 1. The zero-order valence-electron chi connectivity index (χ0n) is 19.2. The Morgan fingerprint density at radius 1 is 0.800 bits per heavy atom. The fourth-order valence-electron chi connectivity index (χ4n) is 3.69. The summed E-state index contributed by atoms with van der Waals surface area (Å²) in [5.74, 6) is 0.871. The molecule has 0 atom stereocenters. The first-order valence-electron chi connectivity index (χ1n) is 11.1. The molecule has 0 radical (unpaired) electrons. The van der Waals surface area contributed by atoms with Crippen molar-refractivity contribution in [1.82, 2.24) is 0 Å². The van der Waals surface area contributed by atoms with Gasteiger partial charge in [-0.1, -0.05) is 36.4 Å². The number of fused-ring (bicyclic) bond motifs is 2. The molecule has 0 aliphatic heterocycles. The molecule has 1 heterocycles. The maximum atomic E-state index is 12.9. The Balaban J connectivity index is 1.29. The molecule has 0 saturated heterocycles. The highest BCUT2D eigenvalue weighted by Crippen LogP contribution is 2.27. The third-order valence-corrected chi connectivity index (χ3v) is 5.73. The minimum absolute atomic E-state index is 0.0688. The van der Waals surface area contributed by atoms with Crippen molar-refractivity contribution in [3.63, 3.8) is 0 Å². The summed E-state index contributed by atoms with van der Waals surface area (Å²) in [7, 11) is 0. The second kappa shape index (κ2) is 9.35. The van der Waals surface area contributed by atoms with Crippen LogP contribution >= 0.6 is 0 Å². The van der Waals surface area contributed by atoms with Crippen LogP contribution in [0.1, 0.15) is 11.1 Å². The molecule has 0 saturated carbocycles. The summed E-state index contributed by atoms with van der Waals surface area (Å²) >= 11 is 0. The molecule has 4 aromatic carbocycles. The van der Waals surface area contributed by atoms with E-state index in [-0.39, 0.29) is 29.1 Å². The first-order valence-corrected chi connectivity index (χ1v) is 11.1. The SMILES string of the molecule is Cc1ccc(OCC(=O)Oc2ccc3c(=O)c(Oc4ccc5ccccc5c4)coc3c2)cc1C. The molecule has 0 bridgehead atoms. The van der Waals surface area contributed by atoms with Crippen molar-refractivity contribution in [2.45, 2.75) is 13.8 Å². The van der Waals surface area contributed by atoms with Gasteiger partial charge in [0, 0.05) is 6.07 Å². The molecule has 0 aliphatic carbocycles. The van der Waals surface area contributed by atoms with Gasteiger partial charge in [-0.2, -0.15) is 0 Å². The highest BCUT2D eigenvalue weighted by atomic mass is 16.6. The quantitative estimate of drug-likeness (QED) is 0.215. The van der Waals surface area contributed by atoms with E-state index in [1.54, 1.807) is 18.2 Å². The van der Waals surface area contributed by atoms with E-state index in [0.29, 0.717) is 16.9 Å². The lowest BCUT2D eigenvalue weighted by atomic mass is 10.1. The summed E-state index contributed by atoms with van der Waals surface area (Å²) in [5.41, 5.74) is 2.17. The third kappa shape index (κ3) is 4.87. The van der Waals surface area contributed by atoms with Crippen molar-refractivity contribution < 1.29 is 23.4 Å². The summed E-state index contributed by atoms with van der Waals surface area (Å²) in [4.78, 5) is 25.2. The Labute approximate surface area is 201 Å². The molecule has 0 N–H and O–H groups in total. The molecule has 0 fully saturated rings. The van der Waals surface area contributed by atoms with Crippen molar-refractivity contribution in [3.05, 3.63) is 106 Å². The van der Waals surface area contributed by atoms with Crippen molar-refractivity contribution in [3.8, 4) is 23.0 Å². The molecule has 0 unspecified atom stereocenters. The van der Waals surface area contributed by atoms with Gasteiger partial charge >= 0.3 is 5.97 Å². The number of hydrogen-bond acceptors (Lipinski definition) is 6. The van der Waals surface area contributed by atoms with Crippen LogP contribution in [0, 0.1) is 13.8 Å². The van der Waals surface area contributed by atoms with Crippen LogP contribution in [-0.4, -0.2) is 12.6 Å². The first kappa shape index (κ1) is 22.2. The largest absolute Gasteiger partial charge is 0.482 e. The summed E-state index contributed by atoms with van der Waals surface area (Å²) < 4.78 is 22.3. The molecule has 6 nitrogen and oxygen atoms in total. The third-order valence-electron chi connectivity index (χ3n) is 5.73. The minimum atomic E-state index is -0.568. The van der Waals surface area contributed by atoms with Crippen LogP contribution in [0.2, 0.25) is 0 Å². The summed E-state index contributed by atoms with van der Waals surface area (Å²) in [5, 5.41) is 2.39. The molecular formula is C29H22O6. The predicted molar refractivity (Wildman–Crippen MR) is 134 cm³/mol. The number of rotatable bonds is 6. The van der Waals surface area contributed by atoms with Crippen molar-refractivity contribution in [2.75, 3.05) is 6.61 Å². The van der Waals surface area contributed by atoms with Gasteiger partial charge in [-0.25, -0.2) is 4.79 Å². The van der Waals surface area contributed by atoms with Crippen molar-refractivity contribution in [2.24, 2.45) is 0 Å². The molecule has 35 heavy (non-hydrogen) atoms. The fraction of sp³-hybridized carbons (Fsp3) is 0.103. The average molecular weight is 466 g/mol. The number of carbonyl (C=O) groups excluding carboxylic acids is 1. The highest BCUT2D eigenvalue weighted by molar-refractivity contribution is 5.84. The number of aryl methyl sites for hydroxylation is 2. The summed E-state index contributed by atoms with van der Waals surface area (Å²) in [6, 6.07) is 23.6. The summed E-state index contributed by atoms with van der Waals surface area (Å²) in [6.45, 7) is 3.73. The van der Waals surface area contributed by atoms with E-state index in [1.807, 2.05) is 62.4 Å². The lowest BCUT2D eigenvalue weighted by Gasteiger charge is -2.09. The van der Waals surface area contributed by atoms with Gasteiger partial charge in [0.2, 0.25) is 11.2 Å². The van der Waals surface area contributed by atoms with Gasteiger partial charge < -0.3 is 18.6 Å². The van der Waals surface area contributed by atoms with Crippen LogP contribution in [0.25, 0.3) is 21.7 Å². The highest BCUT2D eigenvalue weighted by Gasteiger charge is 2.13. The van der Waals surface area contributed by atoms with Gasteiger partial charge in [0.25, 0.3) is 0 Å². The van der Waals surface area contributed by atoms with E-state index in [0.717, 1.165) is 21.9 Å². The van der Waals surface area contributed by atoms with E-state index in [1.165, 1.54) is 18.4 Å². The van der Waals surface area contributed by atoms with E-state index in [2.05, 4.69) is 0 Å². The Morgan fingerprint density at radius 2 is 1.57 bits per heavy atom. The molecular weight excluding hydrogens is 444 g/mol. The zero-order chi connectivity index (χ0) is 24.4. The van der Waals surface area contributed by atoms with E-state index >= 15 is 0 Å².